The van der Waals surface area contributed by atoms with E-state index in [2.05, 4.69) is 0 Å². The van der Waals surface area contributed by atoms with Gasteiger partial charge in [0.25, 0.3) is 0 Å². The zero-order valence-electron chi connectivity index (χ0n) is 8.21. The molecule has 0 saturated heterocycles. The third kappa shape index (κ3) is 0.819. The summed E-state index contributed by atoms with van der Waals surface area (Å²) in [5.74, 6) is 0.0663. The first-order valence-electron chi connectivity index (χ1n) is 5.53. The van der Waals surface area contributed by atoms with E-state index in [-0.39, 0.29) is 22.9 Å². The molecular formula is C12H14O2. The van der Waals surface area contributed by atoms with E-state index in [1.807, 2.05) is 0 Å². The molecule has 0 amide bonds. The Morgan fingerprint density at radius 1 is 1.21 bits per heavy atom. The fourth-order valence-electron chi connectivity index (χ4n) is 3.50. The molecule has 1 spiro atoms. The summed E-state index contributed by atoms with van der Waals surface area (Å²) >= 11 is 0. The predicted molar refractivity (Wildman–Crippen MR) is 51.7 cm³/mol. The van der Waals surface area contributed by atoms with Crippen molar-refractivity contribution in [3.05, 3.63) is 11.6 Å². The highest BCUT2D eigenvalue weighted by Gasteiger charge is 2.53. The van der Waals surface area contributed by atoms with Gasteiger partial charge in [-0.3, -0.25) is 9.59 Å². The van der Waals surface area contributed by atoms with Gasteiger partial charge in [-0.05, 0) is 38.2 Å². The van der Waals surface area contributed by atoms with Gasteiger partial charge >= 0.3 is 0 Å². The smallest absolute Gasteiger partial charge is 0.166 e. The summed E-state index contributed by atoms with van der Waals surface area (Å²) in [6, 6.07) is 0. The minimum absolute atomic E-state index is 0.0854. The second-order valence-electron chi connectivity index (χ2n) is 4.82. The third-order valence-corrected chi connectivity index (χ3v) is 4.21. The Morgan fingerprint density at radius 3 is 2.86 bits per heavy atom. The van der Waals surface area contributed by atoms with Crippen LogP contribution in [0.4, 0.5) is 0 Å². The second kappa shape index (κ2) is 2.56. The zero-order chi connectivity index (χ0) is 9.76. The van der Waals surface area contributed by atoms with Crippen LogP contribution in [-0.2, 0) is 9.59 Å². The number of Topliss-reactive ketones (excluding diaryl/α,β-unsaturated/α-hetero) is 1. The molecule has 0 aromatic carbocycles. The monoisotopic (exact) mass is 190 g/mol. The average Bonchev–Trinajstić information content (AvgIpc) is 2.52. The summed E-state index contributed by atoms with van der Waals surface area (Å²) in [6.07, 6.45) is 7.71. The summed E-state index contributed by atoms with van der Waals surface area (Å²) in [7, 11) is 0. The summed E-state index contributed by atoms with van der Waals surface area (Å²) in [4.78, 5) is 23.8. The first kappa shape index (κ1) is 8.39. The van der Waals surface area contributed by atoms with Gasteiger partial charge in [0, 0.05) is 0 Å². The van der Waals surface area contributed by atoms with Gasteiger partial charge in [-0.25, -0.2) is 0 Å². The molecule has 2 nitrogen and oxygen atoms in total. The van der Waals surface area contributed by atoms with Crippen LogP contribution in [0.3, 0.4) is 0 Å². The lowest BCUT2D eigenvalue weighted by atomic mass is 9.61. The van der Waals surface area contributed by atoms with Crippen LogP contribution in [0.5, 0.6) is 0 Å². The van der Waals surface area contributed by atoms with Crippen LogP contribution in [0.1, 0.15) is 38.5 Å². The van der Waals surface area contributed by atoms with Crippen molar-refractivity contribution in [2.24, 2.45) is 11.3 Å². The van der Waals surface area contributed by atoms with Gasteiger partial charge in [-0.15, -0.1) is 0 Å². The molecular weight excluding hydrogens is 176 g/mol. The maximum Gasteiger partial charge on any atom is 0.166 e. The third-order valence-electron chi connectivity index (χ3n) is 4.21. The van der Waals surface area contributed by atoms with Gasteiger partial charge in [-0.2, -0.15) is 0 Å². The number of rotatable bonds is 0. The van der Waals surface area contributed by atoms with Crippen molar-refractivity contribution in [1.82, 2.24) is 0 Å². The molecule has 14 heavy (non-hydrogen) atoms. The standard InChI is InChI=1S/C12H14O2/c13-10-7-8-3-1-5-12(8)6-2-4-9(10)11(12)14/h7,9H,1-6H2. The van der Waals surface area contributed by atoms with Gasteiger partial charge in [0.05, 0.1) is 11.3 Å². The summed E-state index contributed by atoms with van der Waals surface area (Å²) in [5.41, 5.74) is 0.986. The van der Waals surface area contributed by atoms with Crippen LogP contribution in [-0.4, -0.2) is 11.6 Å². The molecule has 2 fully saturated rings. The molecule has 2 atom stereocenters. The Kier molecular flexibility index (Phi) is 1.53. The molecule has 2 saturated carbocycles. The SMILES string of the molecule is O=C1C=C2CCCC23CCCC1C3=O. The normalized spacial score (nSPS) is 40.9. The molecule has 0 radical (unpaired) electrons. The van der Waals surface area contributed by atoms with E-state index in [9.17, 15) is 9.59 Å². The van der Waals surface area contributed by atoms with Crippen LogP contribution < -0.4 is 0 Å². The van der Waals surface area contributed by atoms with Crippen molar-refractivity contribution < 1.29 is 9.59 Å². The van der Waals surface area contributed by atoms with Gasteiger partial charge in [-0.1, -0.05) is 12.0 Å². The Bertz CT molecular complexity index is 353. The van der Waals surface area contributed by atoms with Crippen molar-refractivity contribution in [1.29, 1.82) is 0 Å². The van der Waals surface area contributed by atoms with Gasteiger partial charge in [0.2, 0.25) is 0 Å². The largest absolute Gasteiger partial charge is 0.298 e. The maximum atomic E-state index is 12.2. The Hall–Kier alpha value is -0.920. The molecule has 2 heteroatoms. The Balaban J connectivity index is 2.17. The van der Waals surface area contributed by atoms with Gasteiger partial charge in [0.1, 0.15) is 0 Å². The van der Waals surface area contributed by atoms with Crippen molar-refractivity contribution in [3.8, 4) is 0 Å². The molecule has 3 aliphatic rings. The minimum Gasteiger partial charge on any atom is -0.298 e. The topological polar surface area (TPSA) is 34.1 Å². The molecule has 0 N–H and O–H groups in total. The fraction of sp³-hybridized carbons (Fsp3) is 0.667. The Labute approximate surface area is 83.4 Å². The number of carbonyl (C=O) groups excluding carboxylic acids is 2. The fourth-order valence-corrected chi connectivity index (χ4v) is 3.50. The lowest BCUT2D eigenvalue weighted by Crippen LogP contribution is -2.45. The average molecular weight is 190 g/mol. The van der Waals surface area contributed by atoms with Gasteiger partial charge in [0.15, 0.2) is 11.6 Å². The second-order valence-corrected chi connectivity index (χ2v) is 4.82. The van der Waals surface area contributed by atoms with E-state index in [1.165, 1.54) is 0 Å². The molecule has 0 aliphatic heterocycles. The summed E-state index contributed by atoms with van der Waals surface area (Å²) in [5, 5.41) is 0. The van der Waals surface area contributed by atoms with Crippen LogP contribution in [0, 0.1) is 11.3 Å². The van der Waals surface area contributed by atoms with E-state index in [4.69, 9.17) is 0 Å². The number of allylic oxidation sites excluding steroid dienone is 2. The minimum atomic E-state index is -0.273. The van der Waals surface area contributed by atoms with Crippen molar-refractivity contribution in [2.45, 2.75) is 38.5 Å². The molecule has 3 rings (SSSR count). The summed E-state index contributed by atoms with van der Waals surface area (Å²) < 4.78 is 0. The lowest BCUT2D eigenvalue weighted by Gasteiger charge is -2.40. The number of ketones is 2. The Morgan fingerprint density at radius 2 is 2.00 bits per heavy atom. The lowest BCUT2D eigenvalue weighted by molar-refractivity contribution is -0.140. The van der Waals surface area contributed by atoms with E-state index in [1.54, 1.807) is 6.08 Å². The van der Waals surface area contributed by atoms with E-state index in [0.717, 1.165) is 44.1 Å². The molecule has 0 aromatic rings. The van der Waals surface area contributed by atoms with Crippen LogP contribution in [0.2, 0.25) is 0 Å². The zero-order valence-corrected chi connectivity index (χ0v) is 8.21. The first-order valence-corrected chi connectivity index (χ1v) is 5.53. The van der Waals surface area contributed by atoms with E-state index in [0.29, 0.717) is 0 Å². The number of hydrogen-bond acceptors (Lipinski definition) is 2. The number of hydrogen-bond donors (Lipinski definition) is 0. The van der Waals surface area contributed by atoms with Crippen molar-refractivity contribution in [2.75, 3.05) is 0 Å². The van der Waals surface area contributed by atoms with Crippen molar-refractivity contribution in [3.63, 3.8) is 0 Å². The van der Waals surface area contributed by atoms with Gasteiger partial charge < -0.3 is 0 Å². The maximum absolute atomic E-state index is 12.2. The highest BCUT2D eigenvalue weighted by atomic mass is 16.2. The first-order chi connectivity index (χ1) is 6.74. The molecule has 74 valence electrons. The highest BCUT2D eigenvalue weighted by molar-refractivity contribution is 6.14. The molecule has 2 bridgehead atoms. The van der Waals surface area contributed by atoms with Crippen molar-refractivity contribution >= 4 is 11.6 Å². The predicted octanol–water partition coefficient (Wildman–Crippen LogP) is 2.04. The molecule has 3 aliphatic carbocycles. The van der Waals surface area contributed by atoms with E-state index < -0.39 is 0 Å². The quantitative estimate of drug-likeness (QED) is 0.548. The summed E-state index contributed by atoms with van der Waals surface area (Å²) in [6.45, 7) is 0. The number of fused-ring (bicyclic) bond motifs is 1. The van der Waals surface area contributed by atoms with Crippen LogP contribution >= 0.6 is 0 Å². The molecule has 2 unspecified atom stereocenters. The van der Waals surface area contributed by atoms with E-state index >= 15 is 0 Å². The molecule has 0 aromatic heterocycles. The highest BCUT2D eigenvalue weighted by Crippen LogP contribution is 2.54. The molecule has 0 heterocycles. The van der Waals surface area contributed by atoms with Crippen LogP contribution in [0.25, 0.3) is 0 Å². The number of carbonyl (C=O) groups is 2. The van der Waals surface area contributed by atoms with Crippen LogP contribution in [0.15, 0.2) is 11.6 Å².